The minimum absolute atomic E-state index is 0.656. The van der Waals surface area contributed by atoms with Gasteiger partial charge in [0.1, 0.15) is 0 Å². The lowest BCUT2D eigenvalue weighted by Crippen LogP contribution is -1.89. The fourth-order valence-electron chi connectivity index (χ4n) is 0.849. The van der Waals surface area contributed by atoms with Crippen LogP contribution in [0, 0.1) is 6.92 Å². The number of hydrogen-bond donors (Lipinski definition) is 1. The van der Waals surface area contributed by atoms with Crippen molar-refractivity contribution in [2.45, 2.75) is 6.92 Å². The summed E-state index contributed by atoms with van der Waals surface area (Å²) in [6, 6.07) is 3.66. The van der Waals surface area contributed by atoms with Gasteiger partial charge >= 0.3 is 0 Å². The first-order chi connectivity index (χ1) is 5.15. The summed E-state index contributed by atoms with van der Waals surface area (Å²) in [7, 11) is 1.83. The summed E-state index contributed by atoms with van der Waals surface area (Å²) < 4.78 is 0. The van der Waals surface area contributed by atoms with Crippen molar-refractivity contribution < 1.29 is 0 Å². The molecule has 0 fully saturated rings. The third-order valence-electron chi connectivity index (χ3n) is 1.52. The lowest BCUT2D eigenvalue weighted by atomic mass is 10.2. The Morgan fingerprint density at radius 2 is 1.82 bits per heavy atom. The zero-order chi connectivity index (χ0) is 8.43. The van der Waals surface area contributed by atoms with Gasteiger partial charge in [0.2, 0.25) is 0 Å². The lowest BCUT2D eigenvalue weighted by molar-refractivity contribution is 1.43. The summed E-state index contributed by atoms with van der Waals surface area (Å²) in [5.41, 5.74) is 1.94. The van der Waals surface area contributed by atoms with Gasteiger partial charge < -0.3 is 5.32 Å². The van der Waals surface area contributed by atoms with Crippen molar-refractivity contribution in [2.75, 3.05) is 12.4 Å². The summed E-state index contributed by atoms with van der Waals surface area (Å²) in [6.45, 7) is 1.94. The molecule has 0 spiro atoms. The Labute approximate surface area is 76.3 Å². The van der Waals surface area contributed by atoms with Crippen LogP contribution in [0.5, 0.6) is 0 Å². The van der Waals surface area contributed by atoms with Crippen LogP contribution in [-0.4, -0.2) is 7.05 Å². The number of nitrogens with one attached hydrogen (secondary N) is 1. The molecule has 1 nitrogen and oxygen atoms in total. The second-order valence-electron chi connectivity index (χ2n) is 2.33. The summed E-state index contributed by atoms with van der Waals surface area (Å²) in [5, 5.41) is 4.33. The van der Waals surface area contributed by atoms with Crippen molar-refractivity contribution in [1.29, 1.82) is 0 Å². The number of hydrogen-bond acceptors (Lipinski definition) is 1. The third kappa shape index (κ3) is 1.79. The number of aryl methyl sites for hydroxylation is 1. The van der Waals surface area contributed by atoms with Gasteiger partial charge in [-0.15, -0.1) is 0 Å². The number of anilines is 1. The Bertz CT molecular complexity index is 271. The van der Waals surface area contributed by atoms with Crippen LogP contribution < -0.4 is 5.32 Å². The Morgan fingerprint density at radius 3 is 2.36 bits per heavy atom. The zero-order valence-electron chi connectivity index (χ0n) is 6.41. The van der Waals surface area contributed by atoms with Gasteiger partial charge in [0.15, 0.2) is 0 Å². The predicted octanol–water partition coefficient (Wildman–Crippen LogP) is 3.34. The average Bonchev–Trinajstić information content (AvgIpc) is 1.97. The van der Waals surface area contributed by atoms with E-state index in [9.17, 15) is 0 Å². The monoisotopic (exact) mass is 189 g/mol. The number of halogens is 2. The largest absolute Gasteiger partial charge is 0.387 e. The lowest BCUT2D eigenvalue weighted by Gasteiger charge is -2.05. The van der Waals surface area contributed by atoms with E-state index in [1.54, 1.807) is 6.07 Å². The molecule has 0 bridgehead atoms. The maximum atomic E-state index is 5.85. The molecular formula is C8H9Cl2N. The van der Waals surface area contributed by atoms with E-state index in [1.165, 1.54) is 0 Å². The SMILES string of the molecule is CNc1cc(C)c(Cl)cc1Cl. The molecule has 1 N–H and O–H groups in total. The zero-order valence-corrected chi connectivity index (χ0v) is 7.92. The molecule has 0 aliphatic heterocycles. The van der Waals surface area contributed by atoms with Crippen molar-refractivity contribution in [3.63, 3.8) is 0 Å². The Kier molecular flexibility index (Phi) is 2.63. The van der Waals surface area contributed by atoms with Gasteiger partial charge in [-0.05, 0) is 24.6 Å². The molecule has 3 heteroatoms. The van der Waals surface area contributed by atoms with E-state index >= 15 is 0 Å². The minimum Gasteiger partial charge on any atom is -0.387 e. The van der Waals surface area contributed by atoms with E-state index < -0.39 is 0 Å². The predicted molar refractivity (Wildman–Crippen MR) is 50.7 cm³/mol. The molecule has 1 rings (SSSR count). The highest BCUT2D eigenvalue weighted by molar-refractivity contribution is 6.36. The molecule has 1 aromatic carbocycles. The molecule has 0 atom stereocenters. The molecule has 0 amide bonds. The Hall–Kier alpha value is -0.400. The molecule has 11 heavy (non-hydrogen) atoms. The second-order valence-corrected chi connectivity index (χ2v) is 3.15. The quantitative estimate of drug-likeness (QED) is 0.715. The highest BCUT2D eigenvalue weighted by Gasteiger charge is 2.01. The van der Waals surface area contributed by atoms with Crippen LogP contribution in [0.15, 0.2) is 12.1 Å². The maximum absolute atomic E-state index is 5.85. The van der Waals surface area contributed by atoms with E-state index in [0.717, 1.165) is 11.3 Å². The Morgan fingerprint density at radius 1 is 1.18 bits per heavy atom. The number of rotatable bonds is 1. The first-order valence-corrected chi connectivity index (χ1v) is 4.04. The average molecular weight is 190 g/mol. The molecule has 0 radical (unpaired) electrons. The van der Waals surface area contributed by atoms with Gasteiger partial charge in [-0.2, -0.15) is 0 Å². The molecule has 0 saturated carbocycles. The molecule has 60 valence electrons. The standard InChI is InChI=1S/C8H9Cl2N/c1-5-3-8(11-2)7(10)4-6(5)9/h3-4,11H,1-2H3. The highest BCUT2D eigenvalue weighted by Crippen LogP contribution is 2.27. The van der Waals surface area contributed by atoms with E-state index in [0.29, 0.717) is 10.0 Å². The van der Waals surface area contributed by atoms with Gasteiger partial charge in [-0.3, -0.25) is 0 Å². The first-order valence-electron chi connectivity index (χ1n) is 3.28. The second kappa shape index (κ2) is 3.33. The van der Waals surface area contributed by atoms with Gasteiger partial charge in [0.25, 0.3) is 0 Å². The smallest absolute Gasteiger partial charge is 0.0652 e. The molecule has 0 unspecified atom stereocenters. The van der Waals surface area contributed by atoms with Crippen LogP contribution in [0.4, 0.5) is 5.69 Å². The van der Waals surface area contributed by atoms with Crippen LogP contribution >= 0.6 is 23.2 Å². The molecular weight excluding hydrogens is 181 g/mol. The molecule has 1 aromatic rings. The fourth-order valence-corrected chi connectivity index (χ4v) is 1.33. The van der Waals surface area contributed by atoms with Crippen LogP contribution in [0.2, 0.25) is 10.0 Å². The van der Waals surface area contributed by atoms with Gasteiger partial charge in [0.05, 0.1) is 10.7 Å². The summed E-state index contributed by atoms with van der Waals surface area (Å²) in [5.74, 6) is 0. The van der Waals surface area contributed by atoms with Gasteiger partial charge in [-0.25, -0.2) is 0 Å². The molecule has 0 aliphatic carbocycles. The van der Waals surface area contributed by atoms with E-state index in [-0.39, 0.29) is 0 Å². The molecule has 0 heterocycles. The minimum atomic E-state index is 0.656. The Balaban J connectivity index is 3.21. The van der Waals surface area contributed by atoms with Crippen molar-refractivity contribution in [3.8, 4) is 0 Å². The van der Waals surface area contributed by atoms with E-state index in [2.05, 4.69) is 5.32 Å². The summed E-state index contributed by atoms with van der Waals surface area (Å²) in [6.07, 6.45) is 0. The van der Waals surface area contributed by atoms with Crippen molar-refractivity contribution >= 4 is 28.9 Å². The van der Waals surface area contributed by atoms with E-state index in [4.69, 9.17) is 23.2 Å². The topological polar surface area (TPSA) is 12.0 Å². The molecule has 0 aromatic heterocycles. The molecule has 0 saturated heterocycles. The number of benzene rings is 1. The van der Waals surface area contributed by atoms with Crippen LogP contribution in [0.1, 0.15) is 5.56 Å². The maximum Gasteiger partial charge on any atom is 0.0652 e. The molecule has 0 aliphatic rings. The third-order valence-corrected chi connectivity index (χ3v) is 2.24. The summed E-state index contributed by atoms with van der Waals surface area (Å²) in [4.78, 5) is 0. The van der Waals surface area contributed by atoms with Crippen LogP contribution in [0.25, 0.3) is 0 Å². The van der Waals surface area contributed by atoms with Crippen molar-refractivity contribution in [2.24, 2.45) is 0 Å². The van der Waals surface area contributed by atoms with Crippen LogP contribution in [-0.2, 0) is 0 Å². The van der Waals surface area contributed by atoms with Crippen molar-refractivity contribution in [3.05, 3.63) is 27.7 Å². The van der Waals surface area contributed by atoms with Crippen LogP contribution in [0.3, 0.4) is 0 Å². The van der Waals surface area contributed by atoms with Gasteiger partial charge in [0, 0.05) is 12.1 Å². The van der Waals surface area contributed by atoms with E-state index in [1.807, 2.05) is 20.0 Å². The first kappa shape index (κ1) is 8.69. The summed E-state index contributed by atoms with van der Waals surface area (Å²) >= 11 is 11.7. The van der Waals surface area contributed by atoms with Crippen molar-refractivity contribution in [1.82, 2.24) is 0 Å². The fraction of sp³-hybridized carbons (Fsp3) is 0.250. The highest BCUT2D eigenvalue weighted by atomic mass is 35.5. The van der Waals surface area contributed by atoms with Gasteiger partial charge in [-0.1, -0.05) is 23.2 Å². The normalized spacial score (nSPS) is 9.82.